The van der Waals surface area contributed by atoms with Crippen molar-refractivity contribution in [2.75, 3.05) is 0 Å². The second-order valence-electron chi connectivity index (χ2n) is 5.91. The molecule has 0 aromatic rings. The Morgan fingerprint density at radius 2 is 2.00 bits per heavy atom. The average molecular weight is 284 g/mol. The molecule has 5 nitrogen and oxygen atoms in total. The molecule has 2 atom stereocenters. The highest BCUT2D eigenvalue weighted by Crippen LogP contribution is 2.49. The largest absolute Gasteiger partial charge is 0.277 e. The first-order valence-corrected chi connectivity index (χ1v) is 7.88. The monoisotopic (exact) mass is 284 g/mol. The predicted molar refractivity (Wildman–Crippen MR) is 74.5 cm³/mol. The number of rotatable bonds is 5. The minimum atomic E-state index is -3.60. The highest BCUT2D eigenvalue weighted by molar-refractivity contribution is 7.91. The molecule has 2 unspecified atom stereocenters. The highest BCUT2D eigenvalue weighted by atomic mass is 32.2. The lowest BCUT2D eigenvalue weighted by molar-refractivity contribution is -0.121. The molecule has 2 saturated carbocycles. The normalized spacial score (nSPS) is 31.2. The van der Waals surface area contributed by atoms with E-state index in [0.29, 0.717) is 19.3 Å². The zero-order valence-electron chi connectivity index (χ0n) is 11.6. The molecular formula is C13H20N2O3S. The van der Waals surface area contributed by atoms with Crippen LogP contribution in [-0.2, 0) is 14.8 Å². The van der Waals surface area contributed by atoms with Crippen LogP contribution in [0.2, 0.25) is 0 Å². The molecule has 2 fully saturated rings. The van der Waals surface area contributed by atoms with Gasteiger partial charge < -0.3 is 0 Å². The van der Waals surface area contributed by atoms with E-state index in [1.165, 1.54) is 0 Å². The predicted octanol–water partition coefficient (Wildman–Crippen LogP) is 1.41. The lowest BCUT2D eigenvalue weighted by atomic mass is 10.2. The van der Waals surface area contributed by atoms with Crippen molar-refractivity contribution in [1.29, 1.82) is 0 Å². The van der Waals surface area contributed by atoms with Crippen molar-refractivity contribution in [3.8, 4) is 0 Å². The molecule has 0 heterocycles. The minimum absolute atomic E-state index is 0.0791. The van der Waals surface area contributed by atoms with Crippen molar-refractivity contribution in [3.63, 3.8) is 0 Å². The molecule has 2 rings (SSSR count). The van der Waals surface area contributed by atoms with E-state index >= 15 is 0 Å². The van der Waals surface area contributed by atoms with Gasteiger partial charge in [0.15, 0.2) is 0 Å². The second kappa shape index (κ2) is 4.16. The summed E-state index contributed by atoms with van der Waals surface area (Å²) in [7, 11) is -3.60. The standard InChI is InChI=1S/C13H20N2O3S/c1-5-10-8-13(10,14-9(2)3)11(16)15-19(17,18)12(4)6-7-12/h5,10H,1,6-8H2,2-4H3,(H,15,16). The van der Waals surface area contributed by atoms with Crippen LogP contribution >= 0.6 is 0 Å². The Kier molecular flexibility index (Phi) is 3.12. The third-order valence-electron chi connectivity index (χ3n) is 3.92. The van der Waals surface area contributed by atoms with Crippen molar-refractivity contribution < 1.29 is 13.2 Å². The Morgan fingerprint density at radius 3 is 2.37 bits per heavy atom. The van der Waals surface area contributed by atoms with Gasteiger partial charge in [0.05, 0.1) is 4.75 Å². The van der Waals surface area contributed by atoms with Gasteiger partial charge in [-0.05, 0) is 40.0 Å². The number of amides is 1. The van der Waals surface area contributed by atoms with Crippen LogP contribution in [0.3, 0.4) is 0 Å². The van der Waals surface area contributed by atoms with Crippen molar-refractivity contribution in [2.24, 2.45) is 10.9 Å². The number of nitrogens with zero attached hydrogens (tertiary/aromatic N) is 1. The van der Waals surface area contributed by atoms with Gasteiger partial charge in [0.2, 0.25) is 10.0 Å². The first kappa shape index (κ1) is 14.2. The molecule has 0 aromatic carbocycles. The summed E-state index contributed by atoms with van der Waals surface area (Å²) < 4.78 is 25.6. The SMILES string of the molecule is C=CC1CC1(N=C(C)C)C(=O)NS(=O)(=O)C1(C)CC1. The van der Waals surface area contributed by atoms with Crippen LogP contribution in [0.25, 0.3) is 0 Å². The zero-order chi connectivity index (χ0) is 14.5. The summed E-state index contributed by atoms with van der Waals surface area (Å²) >= 11 is 0. The van der Waals surface area contributed by atoms with Crippen molar-refractivity contribution in [3.05, 3.63) is 12.7 Å². The van der Waals surface area contributed by atoms with E-state index in [9.17, 15) is 13.2 Å². The summed E-state index contributed by atoms with van der Waals surface area (Å²) in [5, 5.41) is 0. The second-order valence-corrected chi connectivity index (χ2v) is 8.11. The van der Waals surface area contributed by atoms with Crippen LogP contribution < -0.4 is 4.72 Å². The lowest BCUT2D eigenvalue weighted by Gasteiger charge is -2.16. The molecule has 0 radical (unpaired) electrons. The first-order chi connectivity index (χ1) is 8.67. The third kappa shape index (κ3) is 2.33. The Bertz CT molecular complexity index is 556. The summed E-state index contributed by atoms with van der Waals surface area (Å²) in [6.07, 6.45) is 3.39. The first-order valence-electron chi connectivity index (χ1n) is 6.39. The van der Waals surface area contributed by atoms with Gasteiger partial charge in [-0.15, -0.1) is 6.58 Å². The molecule has 19 heavy (non-hydrogen) atoms. The van der Waals surface area contributed by atoms with Gasteiger partial charge in [0.1, 0.15) is 5.54 Å². The molecular weight excluding hydrogens is 264 g/mol. The van der Waals surface area contributed by atoms with Gasteiger partial charge >= 0.3 is 0 Å². The number of sulfonamides is 1. The third-order valence-corrected chi connectivity index (χ3v) is 6.08. The Labute approximate surface area is 114 Å². The molecule has 0 spiro atoms. The van der Waals surface area contributed by atoms with Crippen LogP contribution in [-0.4, -0.2) is 30.3 Å². The van der Waals surface area contributed by atoms with Gasteiger partial charge in [0.25, 0.3) is 5.91 Å². The summed E-state index contributed by atoms with van der Waals surface area (Å²) in [6.45, 7) is 8.91. The molecule has 1 amide bonds. The molecule has 0 bridgehead atoms. The summed E-state index contributed by atoms with van der Waals surface area (Å²) in [6, 6.07) is 0. The summed E-state index contributed by atoms with van der Waals surface area (Å²) in [5.41, 5.74) is -0.201. The molecule has 0 aromatic heterocycles. The maximum absolute atomic E-state index is 12.3. The Hall–Kier alpha value is -1.17. The fourth-order valence-electron chi connectivity index (χ4n) is 2.17. The van der Waals surface area contributed by atoms with Gasteiger partial charge in [-0.1, -0.05) is 6.08 Å². The number of nitrogens with one attached hydrogen (secondary N) is 1. The molecule has 2 aliphatic carbocycles. The van der Waals surface area contributed by atoms with Crippen LogP contribution in [0.1, 0.15) is 40.0 Å². The summed E-state index contributed by atoms with van der Waals surface area (Å²) in [5.74, 6) is -0.601. The quantitative estimate of drug-likeness (QED) is 0.612. The topological polar surface area (TPSA) is 75.6 Å². The minimum Gasteiger partial charge on any atom is -0.277 e. The molecule has 0 aliphatic heterocycles. The summed E-state index contributed by atoms with van der Waals surface area (Å²) in [4.78, 5) is 16.6. The molecule has 0 saturated heterocycles. The van der Waals surface area contributed by atoms with E-state index in [-0.39, 0.29) is 5.92 Å². The van der Waals surface area contributed by atoms with Crippen LogP contribution in [0, 0.1) is 5.92 Å². The number of carbonyl (C=O) groups excluding carboxylic acids is 1. The highest BCUT2D eigenvalue weighted by Gasteiger charge is 2.61. The van der Waals surface area contributed by atoms with Crippen LogP contribution in [0.5, 0.6) is 0 Å². The Morgan fingerprint density at radius 1 is 1.42 bits per heavy atom. The van der Waals surface area contributed by atoms with E-state index in [4.69, 9.17) is 0 Å². The van der Waals surface area contributed by atoms with Crippen LogP contribution in [0.15, 0.2) is 17.6 Å². The number of aliphatic imine (C=N–C) groups is 1. The fraction of sp³-hybridized carbons (Fsp3) is 0.692. The van der Waals surface area contributed by atoms with Crippen molar-refractivity contribution in [1.82, 2.24) is 4.72 Å². The lowest BCUT2D eigenvalue weighted by Crippen LogP contribution is -2.45. The fourth-order valence-corrected chi connectivity index (χ4v) is 3.48. The van der Waals surface area contributed by atoms with E-state index in [2.05, 4.69) is 16.3 Å². The number of carbonyl (C=O) groups is 1. The average Bonchev–Trinajstić information content (AvgIpc) is 3.15. The van der Waals surface area contributed by atoms with Gasteiger partial charge in [0, 0.05) is 11.6 Å². The van der Waals surface area contributed by atoms with E-state index < -0.39 is 26.2 Å². The molecule has 106 valence electrons. The Balaban J connectivity index is 2.20. The van der Waals surface area contributed by atoms with Crippen LogP contribution in [0.4, 0.5) is 0 Å². The van der Waals surface area contributed by atoms with E-state index in [1.54, 1.807) is 26.8 Å². The maximum Gasteiger partial charge on any atom is 0.261 e. The smallest absolute Gasteiger partial charge is 0.261 e. The maximum atomic E-state index is 12.3. The van der Waals surface area contributed by atoms with E-state index in [1.807, 2.05) is 0 Å². The van der Waals surface area contributed by atoms with Crippen molar-refractivity contribution >= 4 is 21.6 Å². The van der Waals surface area contributed by atoms with Gasteiger partial charge in [-0.25, -0.2) is 8.42 Å². The van der Waals surface area contributed by atoms with E-state index in [0.717, 1.165) is 5.71 Å². The van der Waals surface area contributed by atoms with Crippen molar-refractivity contribution in [2.45, 2.75) is 50.3 Å². The molecule has 2 aliphatic rings. The number of hydrogen-bond donors (Lipinski definition) is 1. The molecule has 6 heteroatoms. The zero-order valence-corrected chi connectivity index (χ0v) is 12.4. The number of hydrogen-bond acceptors (Lipinski definition) is 4. The van der Waals surface area contributed by atoms with Gasteiger partial charge in [-0.3, -0.25) is 14.5 Å². The van der Waals surface area contributed by atoms with Gasteiger partial charge in [-0.2, -0.15) is 0 Å². The molecule has 1 N–H and O–H groups in total.